The van der Waals surface area contributed by atoms with Crippen LogP contribution >= 0.6 is 0 Å². The first-order chi connectivity index (χ1) is 6.97. The average Bonchev–Trinajstić information content (AvgIpc) is 2.53. The molecule has 0 spiro atoms. The van der Waals surface area contributed by atoms with E-state index in [4.69, 9.17) is 9.47 Å². The molecule has 0 saturated carbocycles. The van der Waals surface area contributed by atoms with Gasteiger partial charge in [-0.2, -0.15) is 0 Å². The van der Waals surface area contributed by atoms with Gasteiger partial charge in [-0.25, -0.2) is 4.79 Å². The standard InChI is InChI=1S/C10H18N2O3/c1-10(2,3)15-9(13)12-5-4-8-11-6-7-14-8/h4-7H2,1-3H3,(H,12,13). The number of hydrogen-bond donors (Lipinski definition) is 1. The van der Waals surface area contributed by atoms with Gasteiger partial charge in [-0.15, -0.1) is 0 Å². The molecule has 1 aliphatic heterocycles. The Morgan fingerprint density at radius 2 is 2.33 bits per heavy atom. The first-order valence-corrected chi connectivity index (χ1v) is 5.10. The lowest BCUT2D eigenvalue weighted by Gasteiger charge is -2.19. The molecule has 0 aromatic carbocycles. The third kappa shape index (κ3) is 5.24. The monoisotopic (exact) mass is 214 g/mol. The van der Waals surface area contributed by atoms with E-state index in [1.807, 2.05) is 20.8 Å². The zero-order valence-corrected chi connectivity index (χ0v) is 9.50. The molecule has 0 aliphatic carbocycles. The van der Waals surface area contributed by atoms with Crippen LogP contribution in [0, 0.1) is 0 Å². The molecule has 1 aliphatic rings. The van der Waals surface area contributed by atoms with Gasteiger partial charge >= 0.3 is 6.09 Å². The van der Waals surface area contributed by atoms with E-state index in [0.717, 1.165) is 6.54 Å². The smallest absolute Gasteiger partial charge is 0.407 e. The number of nitrogens with one attached hydrogen (secondary N) is 1. The summed E-state index contributed by atoms with van der Waals surface area (Å²) in [5, 5.41) is 2.64. The maximum absolute atomic E-state index is 11.2. The number of rotatable bonds is 3. The lowest BCUT2D eigenvalue weighted by Crippen LogP contribution is -2.33. The van der Waals surface area contributed by atoms with Gasteiger partial charge in [0.15, 0.2) is 5.90 Å². The molecule has 1 rings (SSSR count). The van der Waals surface area contributed by atoms with Crippen molar-refractivity contribution in [3.05, 3.63) is 0 Å². The van der Waals surface area contributed by atoms with Crippen molar-refractivity contribution in [2.75, 3.05) is 19.7 Å². The van der Waals surface area contributed by atoms with Gasteiger partial charge in [0.25, 0.3) is 0 Å². The second-order valence-corrected chi connectivity index (χ2v) is 4.30. The second kappa shape index (κ2) is 5.00. The highest BCUT2D eigenvalue weighted by atomic mass is 16.6. The molecule has 0 fully saturated rings. The normalized spacial score (nSPS) is 15.5. The zero-order valence-electron chi connectivity index (χ0n) is 9.50. The van der Waals surface area contributed by atoms with Gasteiger partial charge in [-0.05, 0) is 20.8 Å². The van der Waals surface area contributed by atoms with Crippen LogP contribution in [0.25, 0.3) is 0 Å². The minimum absolute atomic E-state index is 0.402. The lowest BCUT2D eigenvalue weighted by molar-refractivity contribution is 0.0529. The maximum atomic E-state index is 11.2. The highest BCUT2D eigenvalue weighted by Gasteiger charge is 2.16. The van der Waals surface area contributed by atoms with Crippen molar-refractivity contribution >= 4 is 12.0 Å². The predicted molar refractivity (Wildman–Crippen MR) is 57.1 cm³/mol. The molecule has 86 valence electrons. The van der Waals surface area contributed by atoms with E-state index < -0.39 is 11.7 Å². The number of carbonyl (C=O) groups excluding carboxylic acids is 1. The molecule has 0 aromatic heterocycles. The number of alkyl carbamates (subject to hydrolysis) is 1. The third-order valence-corrected chi connectivity index (χ3v) is 1.66. The Hall–Kier alpha value is -1.26. The summed E-state index contributed by atoms with van der Waals surface area (Å²) in [5.74, 6) is 0.714. The summed E-state index contributed by atoms with van der Waals surface area (Å²) in [6, 6.07) is 0. The van der Waals surface area contributed by atoms with Crippen LogP contribution in [0.1, 0.15) is 27.2 Å². The van der Waals surface area contributed by atoms with Crippen molar-refractivity contribution in [2.45, 2.75) is 32.8 Å². The van der Waals surface area contributed by atoms with Crippen molar-refractivity contribution < 1.29 is 14.3 Å². The van der Waals surface area contributed by atoms with E-state index in [-0.39, 0.29) is 0 Å². The Morgan fingerprint density at radius 1 is 1.60 bits per heavy atom. The molecule has 1 amide bonds. The molecule has 5 nitrogen and oxygen atoms in total. The molecule has 1 N–H and O–H groups in total. The summed E-state index contributed by atoms with van der Waals surface area (Å²) in [7, 11) is 0. The largest absolute Gasteiger partial charge is 0.479 e. The zero-order chi connectivity index (χ0) is 11.3. The minimum atomic E-state index is -0.453. The van der Waals surface area contributed by atoms with E-state index in [1.165, 1.54) is 0 Å². The van der Waals surface area contributed by atoms with Gasteiger partial charge in [-0.3, -0.25) is 4.99 Å². The van der Waals surface area contributed by atoms with Crippen LogP contribution in [0.5, 0.6) is 0 Å². The molecule has 0 aromatic rings. The summed E-state index contributed by atoms with van der Waals surface area (Å²) in [5.41, 5.74) is -0.453. The summed E-state index contributed by atoms with van der Waals surface area (Å²) in [4.78, 5) is 15.3. The van der Waals surface area contributed by atoms with Crippen LogP contribution in [0.4, 0.5) is 4.79 Å². The fraction of sp³-hybridized carbons (Fsp3) is 0.800. The SMILES string of the molecule is CC(C)(C)OC(=O)NCCC1=NCCO1. The van der Waals surface area contributed by atoms with Gasteiger partial charge in [0.1, 0.15) is 12.2 Å². The van der Waals surface area contributed by atoms with Crippen molar-refractivity contribution in [1.29, 1.82) is 0 Å². The topological polar surface area (TPSA) is 59.9 Å². The first kappa shape index (κ1) is 11.8. The van der Waals surface area contributed by atoms with E-state index in [1.54, 1.807) is 0 Å². The fourth-order valence-electron chi connectivity index (χ4n) is 1.12. The third-order valence-electron chi connectivity index (χ3n) is 1.66. The predicted octanol–water partition coefficient (Wildman–Crippen LogP) is 1.33. The maximum Gasteiger partial charge on any atom is 0.407 e. The highest BCUT2D eigenvalue weighted by molar-refractivity contribution is 5.78. The molecule has 0 unspecified atom stereocenters. The minimum Gasteiger partial charge on any atom is -0.479 e. The number of hydrogen-bond acceptors (Lipinski definition) is 4. The van der Waals surface area contributed by atoms with Gasteiger partial charge in [0, 0.05) is 13.0 Å². The van der Waals surface area contributed by atoms with Crippen molar-refractivity contribution in [3.8, 4) is 0 Å². The molecular weight excluding hydrogens is 196 g/mol. The van der Waals surface area contributed by atoms with Gasteiger partial charge < -0.3 is 14.8 Å². The summed E-state index contributed by atoms with van der Waals surface area (Å²) >= 11 is 0. The quantitative estimate of drug-likeness (QED) is 0.771. The Labute approximate surface area is 89.9 Å². The Balaban J connectivity index is 2.12. The van der Waals surface area contributed by atoms with Gasteiger partial charge in [-0.1, -0.05) is 0 Å². The number of aliphatic imine (C=N–C) groups is 1. The van der Waals surface area contributed by atoms with E-state index in [9.17, 15) is 4.79 Å². The summed E-state index contributed by atoms with van der Waals surface area (Å²) in [6.07, 6.45) is 0.222. The number of ether oxygens (including phenoxy) is 2. The van der Waals surface area contributed by atoms with Crippen molar-refractivity contribution in [2.24, 2.45) is 4.99 Å². The van der Waals surface area contributed by atoms with Crippen LogP contribution in [0.15, 0.2) is 4.99 Å². The van der Waals surface area contributed by atoms with Crippen LogP contribution in [0.3, 0.4) is 0 Å². The Kier molecular flexibility index (Phi) is 3.94. The lowest BCUT2D eigenvalue weighted by atomic mass is 10.2. The Morgan fingerprint density at radius 3 is 2.87 bits per heavy atom. The van der Waals surface area contributed by atoms with Crippen LogP contribution in [-0.4, -0.2) is 37.3 Å². The van der Waals surface area contributed by atoms with E-state index in [2.05, 4.69) is 10.3 Å². The number of carbonyl (C=O) groups is 1. The number of nitrogens with zero attached hydrogens (tertiary/aromatic N) is 1. The van der Waals surface area contributed by atoms with E-state index >= 15 is 0 Å². The van der Waals surface area contributed by atoms with Crippen molar-refractivity contribution in [1.82, 2.24) is 5.32 Å². The first-order valence-electron chi connectivity index (χ1n) is 5.10. The number of amides is 1. The molecule has 0 radical (unpaired) electrons. The molecule has 0 atom stereocenters. The average molecular weight is 214 g/mol. The molecule has 0 bridgehead atoms. The fourth-order valence-corrected chi connectivity index (χ4v) is 1.12. The molecule has 1 heterocycles. The molecule has 15 heavy (non-hydrogen) atoms. The molecule has 5 heteroatoms. The van der Waals surface area contributed by atoms with Crippen LogP contribution in [0.2, 0.25) is 0 Å². The van der Waals surface area contributed by atoms with Crippen LogP contribution < -0.4 is 5.32 Å². The molecule has 0 saturated heterocycles. The molecular formula is C10H18N2O3. The van der Waals surface area contributed by atoms with Gasteiger partial charge in [0.2, 0.25) is 0 Å². The summed E-state index contributed by atoms with van der Waals surface area (Å²) in [6.45, 7) is 7.36. The van der Waals surface area contributed by atoms with Crippen LogP contribution in [-0.2, 0) is 9.47 Å². The second-order valence-electron chi connectivity index (χ2n) is 4.30. The summed E-state index contributed by atoms with van der Waals surface area (Å²) < 4.78 is 10.3. The van der Waals surface area contributed by atoms with Crippen molar-refractivity contribution in [3.63, 3.8) is 0 Å². The van der Waals surface area contributed by atoms with E-state index in [0.29, 0.717) is 25.5 Å². The Bertz CT molecular complexity index is 256. The van der Waals surface area contributed by atoms with Gasteiger partial charge in [0.05, 0.1) is 6.54 Å². The highest BCUT2D eigenvalue weighted by Crippen LogP contribution is 2.06.